The predicted molar refractivity (Wildman–Crippen MR) is 353 cm³/mol. The van der Waals surface area contributed by atoms with Gasteiger partial charge in [0, 0.05) is 6.54 Å². The van der Waals surface area contributed by atoms with E-state index in [0.29, 0.717) is 57.9 Å². The van der Waals surface area contributed by atoms with Crippen LogP contribution in [0.1, 0.15) is 170 Å². The van der Waals surface area contributed by atoms with Crippen molar-refractivity contribution in [3.05, 3.63) is 72.3 Å². The molecule has 24 heteroatoms. The number of amides is 1. The average Bonchev–Trinajstić information content (AvgIpc) is 0.712. The number of ether oxygens (including phenoxy) is 9. The lowest BCUT2D eigenvalue weighted by molar-refractivity contribution is -0.373. The van der Waals surface area contributed by atoms with Crippen LogP contribution >= 0.6 is 0 Å². The number of aliphatic hydroxyl groups excluding tert-OH is 11. The van der Waals surface area contributed by atoms with Gasteiger partial charge >= 0.3 is 5.97 Å². The van der Waals surface area contributed by atoms with Crippen LogP contribution in [0.3, 0.4) is 0 Å². The molecule has 98 heavy (non-hydrogen) atoms. The molecular formula is C74H111NO23. The Hall–Kier alpha value is -4.13. The molecule has 12 N–H and O–H groups in total. The number of unbranched alkanes of at least 4 members (excludes halogenated alkanes) is 5. The quantitative estimate of drug-likeness (QED) is 0.0163. The first-order valence-corrected chi connectivity index (χ1v) is 35.9. The molecule has 24 nitrogen and oxygen atoms in total. The third-order valence-electron chi connectivity index (χ3n) is 24.5. The number of carbonyl (C=O) groups excluding carboxylic acids is 3. The zero-order chi connectivity index (χ0) is 70.9. The summed E-state index contributed by atoms with van der Waals surface area (Å²) in [5.41, 5.74) is -3.41. The molecule has 4 aliphatic carbocycles. The van der Waals surface area contributed by atoms with Crippen LogP contribution in [0.5, 0.6) is 11.5 Å². The number of benzene rings is 2. The maximum atomic E-state index is 15.5. The zero-order valence-electron chi connectivity index (χ0n) is 58.2. The highest BCUT2D eigenvalue weighted by Crippen LogP contribution is 2.71. The van der Waals surface area contributed by atoms with Crippen LogP contribution < -0.4 is 10.1 Å². The fourth-order valence-electron chi connectivity index (χ4n) is 17.9. The maximum absolute atomic E-state index is 15.5. The molecule has 10 unspecified atom stereocenters. The number of aliphatic hydroxyl groups is 11. The van der Waals surface area contributed by atoms with Crippen molar-refractivity contribution in [3.8, 4) is 11.5 Å². The zero-order valence-corrected chi connectivity index (χ0v) is 58.2. The van der Waals surface area contributed by atoms with Gasteiger partial charge in [0.25, 0.3) is 5.91 Å². The summed E-state index contributed by atoms with van der Waals surface area (Å²) in [4.78, 5) is 43.0. The van der Waals surface area contributed by atoms with Gasteiger partial charge in [-0.3, -0.25) is 9.59 Å². The number of aldehydes is 1. The molecule has 8 aliphatic rings. The number of aryl methyl sites for hydroxylation is 1. The number of hydrogen-bond donors (Lipinski definition) is 12. The molecule has 0 aromatic heterocycles. The molecule has 2 aromatic rings. The topological polar surface area (TPSA) is 369 Å². The normalized spacial score (nSPS) is 43.7. The Kier molecular flexibility index (Phi) is 24.6. The van der Waals surface area contributed by atoms with E-state index in [1.165, 1.54) is 19.4 Å². The first-order valence-electron chi connectivity index (χ1n) is 35.9. The summed E-state index contributed by atoms with van der Waals surface area (Å²) >= 11 is 0. The second kappa shape index (κ2) is 31.5. The lowest BCUT2D eigenvalue weighted by atomic mass is 9.37. The Morgan fingerprint density at radius 1 is 0.612 bits per heavy atom. The van der Waals surface area contributed by atoms with Crippen LogP contribution in [0.25, 0.3) is 0 Å². The number of esters is 1. The first kappa shape index (κ1) is 76.5. The molecule has 550 valence electrons. The van der Waals surface area contributed by atoms with E-state index in [2.05, 4.69) is 64.2 Å². The highest BCUT2D eigenvalue weighted by molar-refractivity contribution is 5.81. The van der Waals surface area contributed by atoms with E-state index in [1.807, 2.05) is 49.4 Å². The summed E-state index contributed by atoms with van der Waals surface area (Å²) in [7, 11) is 0. The summed E-state index contributed by atoms with van der Waals surface area (Å²) < 4.78 is 54.3. The van der Waals surface area contributed by atoms with Gasteiger partial charge in [-0.15, -0.1) is 0 Å². The third-order valence-corrected chi connectivity index (χ3v) is 24.5. The van der Waals surface area contributed by atoms with Gasteiger partial charge < -0.3 is 109 Å². The Bertz CT molecular complexity index is 2980. The maximum Gasteiger partial charge on any atom is 0.317 e. The molecule has 10 rings (SSSR count). The van der Waals surface area contributed by atoms with E-state index in [1.54, 1.807) is 0 Å². The van der Waals surface area contributed by atoms with E-state index in [-0.39, 0.29) is 36.5 Å². The van der Waals surface area contributed by atoms with Crippen LogP contribution in [0.2, 0.25) is 0 Å². The van der Waals surface area contributed by atoms with E-state index >= 15 is 4.79 Å². The lowest BCUT2D eigenvalue weighted by Crippen LogP contribution is -2.66. The molecule has 7 fully saturated rings. The van der Waals surface area contributed by atoms with Gasteiger partial charge in [-0.05, 0) is 161 Å². The summed E-state index contributed by atoms with van der Waals surface area (Å²) in [5, 5.41) is 126. The Balaban J connectivity index is 0.759. The van der Waals surface area contributed by atoms with Crippen molar-refractivity contribution in [2.75, 3.05) is 13.2 Å². The van der Waals surface area contributed by atoms with Crippen LogP contribution in [-0.4, -0.2) is 216 Å². The molecule has 3 saturated carbocycles. The van der Waals surface area contributed by atoms with Crippen molar-refractivity contribution < 1.29 is 113 Å². The Labute approximate surface area is 575 Å². The van der Waals surface area contributed by atoms with Crippen LogP contribution in [0.4, 0.5) is 0 Å². The molecule has 0 bridgehead atoms. The standard InChI is InChI=1S/C74H111NO23/c1-41-51(79)54(82)62(97-65-59(87)56(84)60(42(2)92-65)95-64-57(85)52(80)46(77)39-90-64)67(91-41)98-68(89)74(32-19-30-69(3,4)35-36-74)49(78)38-70(5)31-18-23-48-71(6)33-29-50(72(7,40-76)47(71)28-34-73(48,70)8)94-66-58(86)53(81)55(83)61(96-66)63(88)75-37-17-12-10-9-11-14-20-43-24-26-45(27-25-43)93-44-21-15-13-16-22-44/h13,15-16,18,21-22,24-27,31,40-42,46-62,64-67,77-87H,9-12,14,17,19-20,23,28-30,32-39H2,1-8H3,(H,75,88)/t41?,42?,46-,47-,48?,49+,50+,51+,52+,53+,54?,55+,56-,57?,58?,59?,60+,61?,62+,64+,65+,66-,67-,70?,71?,72-,73+,74+/m1/s1. The second-order valence-electron chi connectivity index (χ2n) is 31.5. The van der Waals surface area contributed by atoms with Crippen LogP contribution in [0.15, 0.2) is 66.7 Å². The summed E-state index contributed by atoms with van der Waals surface area (Å²) in [6.07, 6.45) is -15.6. The largest absolute Gasteiger partial charge is 0.457 e. The molecule has 28 atom stereocenters. The Morgan fingerprint density at radius 3 is 1.96 bits per heavy atom. The fourth-order valence-corrected chi connectivity index (χ4v) is 17.9. The monoisotopic (exact) mass is 1380 g/mol. The highest BCUT2D eigenvalue weighted by Gasteiger charge is 2.67. The van der Waals surface area contributed by atoms with Gasteiger partial charge in [-0.2, -0.15) is 0 Å². The highest BCUT2D eigenvalue weighted by atomic mass is 16.8. The van der Waals surface area contributed by atoms with E-state index in [9.17, 15) is 65.8 Å². The van der Waals surface area contributed by atoms with Crippen molar-refractivity contribution in [2.45, 2.75) is 300 Å². The van der Waals surface area contributed by atoms with Crippen molar-refractivity contribution in [1.29, 1.82) is 0 Å². The molecule has 4 aliphatic heterocycles. The Morgan fingerprint density at radius 2 is 1.24 bits per heavy atom. The number of carbonyl (C=O) groups is 3. The summed E-state index contributed by atoms with van der Waals surface area (Å²) in [5.74, 6) is -0.196. The van der Waals surface area contributed by atoms with Gasteiger partial charge in [0.05, 0.1) is 41.9 Å². The summed E-state index contributed by atoms with van der Waals surface area (Å²) in [6, 6.07) is 17.8. The number of nitrogens with one attached hydrogen (secondary N) is 1. The second-order valence-corrected chi connectivity index (χ2v) is 31.5. The van der Waals surface area contributed by atoms with Gasteiger partial charge in [-0.25, -0.2) is 0 Å². The molecule has 2 aromatic carbocycles. The van der Waals surface area contributed by atoms with Crippen molar-refractivity contribution >= 4 is 18.2 Å². The average molecular weight is 1380 g/mol. The minimum Gasteiger partial charge on any atom is -0.457 e. The number of fused-ring (bicyclic) bond motifs is 3. The predicted octanol–water partition coefficient (Wildman–Crippen LogP) is 5.09. The van der Waals surface area contributed by atoms with Crippen molar-refractivity contribution in [3.63, 3.8) is 0 Å². The van der Waals surface area contributed by atoms with E-state index in [0.717, 1.165) is 62.7 Å². The van der Waals surface area contributed by atoms with Crippen molar-refractivity contribution in [2.24, 2.45) is 44.3 Å². The van der Waals surface area contributed by atoms with Crippen LogP contribution in [-0.2, 0) is 58.7 Å². The van der Waals surface area contributed by atoms with Gasteiger partial charge in [0.2, 0.25) is 6.29 Å². The number of para-hydroxylation sites is 1. The van der Waals surface area contributed by atoms with Gasteiger partial charge in [0.15, 0.2) is 31.1 Å². The first-order chi connectivity index (χ1) is 46.4. The van der Waals surface area contributed by atoms with Crippen molar-refractivity contribution in [1.82, 2.24) is 5.32 Å². The summed E-state index contributed by atoms with van der Waals surface area (Å²) in [6.45, 7) is 15.5. The third kappa shape index (κ3) is 15.7. The molecule has 4 heterocycles. The minimum absolute atomic E-state index is 0.0538. The van der Waals surface area contributed by atoms with Gasteiger partial charge in [0.1, 0.15) is 84.9 Å². The molecule has 0 radical (unpaired) electrons. The molecule has 1 amide bonds. The fraction of sp³-hybridized carbons (Fsp3) is 0.770. The lowest BCUT2D eigenvalue weighted by Gasteiger charge is -2.68. The van der Waals surface area contributed by atoms with E-state index < -0.39 is 174 Å². The molecular weight excluding hydrogens is 1270 g/mol. The minimum atomic E-state index is -1.91. The molecule has 0 spiro atoms. The SMILES string of the molecule is CC1O[C@H](OC(=O)[C@@]2([C@@H](O)CC3(C)C=CCC4C5(C)CC[C@H](O[C@@H]6OC(C(=O)NCCCCCCCCc7ccc(Oc8ccccc8)cc7)[C@@H](O)[C@H](O)C6O)[C@](C)(C=O)[C@@H]5CC[C@@]43C)CCCC(C)(C)CC2)[C@@H](O[C@@H]2OC(C)[C@H](O[C@@H]3OC[C@@H](O)[C@H](O)C3O)[C@H](O)C2O)C(O)[C@H]1O. The molecule has 4 saturated heterocycles. The van der Waals surface area contributed by atoms with Crippen LogP contribution in [0, 0.1) is 44.3 Å². The number of rotatable bonds is 24. The number of allylic oxidation sites excluding steroid dienone is 2. The smallest absolute Gasteiger partial charge is 0.317 e. The van der Waals surface area contributed by atoms with Gasteiger partial charge in [-0.1, -0.05) is 116 Å². The number of hydrogen-bond acceptors (Lipinski definition) is 23. The van der Waals surface area contributed by atoms with E-state index in [4.69, 9.17) is 42.6 Å².